The Morgan fingerprint density at radius 1 is 1.03 bits per heavy atom. The van der Waals surface area contributed by atoms with Crippen LogP contribution < -0.4 is 5.32 Å². The van der Waals surface area contributed by atoms with E-state index >= 15 is 0 Å². The summed E-state index contributed by atoms with van der Waals surface area (Å²) in [5, 5.41) is 27.8. The van der Waals surface area contributed by atoms with Crippen LogP contribution in [0, 0.1) is 11.3 Å². The summed E-state index contributed by atoms with van der Waals surface area (Å²) in [4.78, 5) is 23.7. The van der Waals surface area contributed by atoms with E-state index in [4.69, 9.17) is 5.26 Å². The molecule has 1 heterocycles. The quantitative estimate of drug-likeness (QED) is 0.670. The number of nitrogens with zero attached hydrogens (tertiary/aromatic N) is 3. The number of rotatable bonds is 4. The molecule has 0 spiro atoms. The van der Waals surface area contributed by atoms with Crippen molar-refractivity contribution < 1.29 is 27.9 Å². The van der Waals surface area contributed by atoms with Crippen LogP contribution in [0.2, 0.25) is 0 Å². The summed E-state index contributed by atoms with van der Waals surface area (Å²) < 4.78 is 39.5. The molecule has 0 unspecified atom stereocenters. The number of hydrogen-bond acceptors (Lipinski definition) is 5. The first-order chi connectivity index (χ1) is 14.2. The predicted molar refractivity (Wildman–Crippen MR) is 98.5 cm³/mol. The molecule has 2 N–H and O–H groups in total. The molecule has 0 aliphatic heterocycles. The van der Waals surface area contributed by atoms with Crippen LogP contribution in [0.1, 0.15) is 32.0 Å². The fourth-order valence-corrected chi connectivity index (χ4v) is 2.64. The van der Waals surface area contributed by atoms with Gasteiger partial charge in [0.25, 0.3) is 5.91 Å². The van der Waals surface area contributed by atoms with Gasteiger partial charge in [-0.2, -0.15) is 18.4 Å². The van der Waals surface area contributed by atoms with Crippen LogP contribution in [-0.4, -0.2) is 27.2 Å². The molecule has 0 aliphatic rings. The van der Waals surface area contributed by atoms with Crippen LogP contribution in [-0.2, 0) is 6.18 Å². The van der Waals surface area contributed by atoms with Gasteiger partial charge in [-0.25, -0.2) is 4.79 Å². The standard InChI is InChI=1S/C20H11F3N4O3/c21-20(22,23)14-4-2-1-3-12(14)16-7-8-17(27-26-16)18(28)25-15-6-5-11(10-24)9-13(15)19(29)30/h1-9H,(H,25,28)(H,29,30). The number of aromatic nitrogens is 2. The third kappa shape index (κ3) is 4.25. The summed E-state index contributed by atoms with van der Waals surface area (Å²) >= 11 is 0. The van der Waals surface area contributed by atoms with E-state index in [0.717, 1.165) is 12.1 Å². The molecule has 10 heteroatoms. The van der Waals surface area contributed by atoms with E-state index in [-0.39, 0.29) is 33.8 Å². The average molecular weight is 412 g/mol. The Hall–Kier alpha value is -4.26. The van der Waals surface area contributed by atoms with Gasteiger partial charge in [0.15, 0.2) is 5.69 Å². The molecule has 0 fully saturated rings. The van der Waals surface area contributed by atoms with Gasteiger partial charge in [0.05, 0.1) is 34.1 Å². The molecule has 0 atom stereocenters. The number of hydrogen-bond donors (Lipinski definition) is 2. The van der Waals surface area contributed by atoms with E-state index < -0.39 is 23.6 Å². The monoisotopic (exact) mass is 412 g/mol. The highest BCUT2D eigenvalue weighted by Crippen LogP contribution is 2.36. The Balaban J connectivity index is 1.88. The third-order valence-electron chi connectivity index (χ3n) is 4.03. The highest BCUT2D eigenvalue weighted by atomic mass is 19.4. The molecule has 0 bridgehead atoms. The first kappa shape index (κ1) is 20.5. The Morgan fingerprint density at radius 2 is 1.77 bits per heavy atom. The van der Waals surface area contributed by atoms with Crippen LogP contribution in [0.3, 0.4) is 0 Å². The molecule has 7 nitrogen and oxygen atoms in total. The summed E-state index contributed by atoms with van der Waals surface area (Å²) in [6, 6.07) is 12.7. The van der Waals surface area contributed by atoms with Crippen molar-refractivity contribution in [2.75, 3.05) is 5.32 Å². The number of benzene rings is 2. The number of aromatic carboxylic acids is 1. The largest absolute Gasteiger partial charge is 0.478 e. The molecule has 1 amide bonds. The van der Waals surface area contributed by atoms with Crippen molar-refractivity contribution in [3.63, 3.8) is 0 Å². The number of nitrogens with one attached hydrogen (secondary N) is 1. The van der Waals surface area contributed by atoms with Crippen LogP contribution in [0.25, 0.3) is 11.3 Å². The molecule has 0 aliphatic carbocycles. The van der Waals surface area contributed by atoms with E-state index in [1.54, 1.807) is 6.07 Å². The number of alkyl halides is 3. The number of nitriles is 1. The van der Waals surface area contributed by atoms with Crippen molar-refractivity contribution in [1.29, 1.82) is 5.26 Å². The van der Waals surface area contributed by atoms with E-state index in [9.17, 15) is 27.9 Å². The van der Waals surface area contributed by atoms with Crippen molar-refractivity contribution in [3.05, 3.63) is 77.0 Å². The summed E-state index contributed by atoms with van der Waals surface area (Å²) in [5.41, 5.74) is -1.67. The molecular formula is C20H11F3N4O3. The molecular weight excluding hydrogens is 401 g/mol. The lowest BCUT2D eigenvalue weighted by molar-refractivity contribution is -0.137. The van der Waals surface area contributed by atoms with E-state index in [0.29, 0.717) is 0 Å². The van der Waals surface area contributed by atoms with Crippen molar-refractivity contribution in [2.24, 2.45) is 0 Å². The predicted octanol–water partition coefficient (Wildman–Crippen LogP) is 3.98. The second-order valence-electron chi connectivity index (χ2n) is 5.98. The van der Waals surface area contributed by atoms with Crippen LogP contribution in [0.5, 0.6) is 0 Å². The number of carbonyl (C=O) groups excluding carboxylic acids is 1. The van der Waals surface area contributed by atoms with Gasteiger partial charge >= 0.3 is 12.1 Å². The second kappa shape index (κ2) is 8.00. The van der Waals surface area contributed by atoms with E-state index in [1.807, 2.05) is 0 Å². The number of carboxylic acids is 1. The molecule has 2 aromatic carbocycles. The summed E-state index contributed by atoms with van der Waals surface area (Å²) in [6.45, 7) is 0. The van der Waals surface area contributed by atoms with Gasteiger partial charge in [-0.1, -0.05) is 18.2 Å². The Morgan fingerprint density at radius 3 is 2.37 bits per heavy atom. The minimum atomic E-state index is -4.59. The lowest BCUT2D eigenvalue weighted by Gasteiger charge is -2.12. The van der Waals surface area contributed by atoms with E-state index in [1.165, 1.54) is 42.5 Å². The van der Waals surface area contributed by atoms with Gasteiger partial charge in [0, 0.05) is 5.56 Å². The van der Waals surface area contributed by atoms with Gasteiger partial charge in [-0.05, 0) is 36.4 Å². The van der Waals surface area contributed by atoms with Crippen LogP contribution >= 0.6 is 0 Å². The van der Waals surface area contributed by atoms with Crippen molar-refractivity contribution >= 4 is 17.6 Å². The molecule has 150 valence electrons. The summed E-state index contributed by atoms with van der Waals surface area (Å²) in [7, 11) is 0. The van der Waals surface area contributed by atoms with Gasteiger partial charge in [-0.3, -0.25) is 4.79 Å². The molecule has 0 radical (unpaired) electrons. The topological polar surface area (TPSA) is 116 Å². The van der Waals surface area contributed by atoms with Crippen molar-refractivity contribution in [2.45, 2.75) is 6.18 Å². The Labute approximate surface area is 167 Å². The molecule has 0 saturated carbocycles. The lowest BCUT2D eigenvalue weighted by atomic mass is 10.0. The zero-order chi connectivity index (χ0) is 21.9. The maximum Gasteiger partial charge on any atom is 0.417 e. The summed E-state index contributed by atoms with van der Waals surface area (Å²) in [6.07, 6.45) is -4.59. The van der Waals surface area contributed by atoms with Gasteiger partial charge in [0.2, 0.25) is 0 Å². The SMILES string of the molecule is N#Cc1ccc(NC(=O)c2ccc(-c3ccccc3C(F)(F)F)nn2)c(C(=O)O)c1. The number of halogens is 3. The minimum Gasteiger partial charge on any atom is -0.478 e. The molecule has 0 saturated heterocycles. The molecule has 1 aromatic heterocycles. The van der Waals surface area contributed by atoms with E-state index in [2.05, 4.69) is 15.5 Å². The fraction of sp³-hybridized carbons (Fsp3) is 0.0500. The number of amides is 1. The zero-order valence-corrected chi connectivity index (χ0v) is 14.9. The fourth-order valence-electron chi connectivity index (χ4n) is 2.64. The van der Waals surface area contributed by atoms with Crippen LogP contribution in [0.15, 0.2) is 54.6 Å². The van der Waals surface area contributed by atoms with Gasteiger partial charge < -0.3 is 10.4 Å². The maximum absolute atomic E-state index is 13.2. The zero-order valence-electron chi connectivity index (χ0n) is 14.9. The minimum absolute atomic E-state index is 0.0696. The van der Waals surface area contributed by atoms with Gasteiger partial charge in [-0.15, -0.1) is 10.2 Å². The lowest BCUT2D eigenvalue weighted by Crippen LogP contribution is -2.17. The molecule has 3 aromatic rings. The third-order valence-corrected chi connectivity index (χ3v) is 4.03. The van der Waals surface area contributed by atoms with Crippen molar-refractivity contribution in [3.8, 4) is 17.3 Å². The molecule has 30 heavy (non-hydrogen) atoms. The van der Waals surface area contributed by atoms with Crippen molar-refractivity contribution in [1.82, 2.24) is 10.2 Å². The van der Waals surface area contributed by atoms with Crippen LogP contribution in [0.4, 0.5) is 18.9 Å². The number of anilines is 1. The van der Waals surface area contributed by atoms with Gasteiger partial charge in [0.1, 0.15) is 0 Å². The first-order valence-electron chi connectivity index (χ1n) is 8.30. The highest BCUT2D eigenvalue weighted by molar-refractivity contribution is 6.06. The normalized spacial score (nSPS) is 10.9. The maximum atomic E-state index is 13.2. The first-order valence-corrected chi connectivity index (χ1v) is 8.30. The summed E-state index contributed by atoms with van der Waals surface area (Å²) in [5.74, 6) is -2.17. The second-order valence-corrected chi connectivity index (χ2v) is 5.98. The number of carboxylic acid groups (broad SMARTS) is 1. The highest BCUT2D eigenvalue weighted by Gasteiger charge is 2.33. The average Bonchev–Trinajstić information content (AvgIpc) is 2.73. The molecule has 3 rings (SSSR count). The Kier molecular flexibility index (Phi) is 5.46. The Bertz CT molecular complexity index is 1170. The number of carbonyl (C=O) groups is 2. The smallest absolute Gasteiger partial charge is 0.417 e.